The smallest absolute Gasteiger partial charge is 0.229 e. The highest BCUT2D eigenvalue weighted by Crippen LogP contribution is 2.27. The summed E-state index contributed by atoms with van der Waals surface area (Å²) in [7, 11) is 1.64. The molecule has 0 aliphatic carbocycles. The van der Waals surface area contributed by atoms with E-state index in [1.807, 2.05) is 38.1 Å². The standard InChI is InChI=1S/C16H20N4O/c1-5-8-17-15-10-12(3)18-16(20-15)19-13-9-11(2)6-7-14(13)21-4/h5-7,9-10H,1,8H2,2-4H3,(H2,17,18,19,20). The van der Waals surface area contributed by atoms with E-state index in [1.54, 1.807) is 13.2 Å². The predicted octanol–water partition coefficient (Wildman–Crippen LogP) is 3.44. The van der Waals surface area contributed by atoms with E-state index >= 15 is 0 Å². The first-order valence-electron chi connectivity index (χ1n) is 6.74. The van der Waals surface area contributed by atoms with Crippen LogP contribution in [-0.2, 0) is 0 Å². The number of benzene rings is 1. The van der Waals surface area contributed by atoms with E-state index < -0.39 is 0 Å². The Hall–Kier alpha value is -2.56. The minimum Gasteiger partial charge on any atom is -0.495 e. The summed E-state index contributed by atoms with van der Waals surface area (Å²) in [5.41, 5.74) is 2.86. The Morgan fingerprint density at radius 3 is 2.76 bits per heavy atom. The van der Waals surface area contributed by atoms with Crippen molar-refractivity contribution >= 4 is 17.5 Å². The van der Waals surface area contributed by atoms with Gasteiger partial charge in [0.25, 0.3) is 0 Å². The monoisotopic (exact) mass is 284 g/mol. The third-order valence-electron chi connectivity index (χ3n) is 2.88. The van der Waals surface area contributed by atoms with Crippen LogP contribution >= 0.6 is 0 Å². The Morgan fingerprint density at radius 2 is 2.05 bits per heavy atom. The average Bonchev–Trinajstić information content (AvgIpc) is 2.45. The van der Waals surface area contributed by atoms with Gasteiger partial charge >= 0.3 is 0 Å². The molecule has 1 heterocycles. The molecule has 0 amide bonds. The van der Waals surface area contributed by atoms with Crippen LogP contribution in [0.3, 0.4) is 0 Å². The van der Waals surface area contributed by atoms with Gasteiger partial charge in [-0.2, -0.15) is 4.98 Å². The number of aryl methyl sites for hydroxylation is 2. The molecule has 0 saturated carbocycles. The normalized spacial score (nSPS) is 10.0. The highest BCUT2D eigenvalue weighted by Gasteiger charge is 2.07. The zero-order valence-electron chi connectivity index (χ0n) is 12.6. The number of methoxy groups -OCH3 is 1. The van der Waals surface area contributed by atoms with Gasteiger partial charge in [0.15, 0.2) is 0 Å². The molecular formula is C16H20N4O. The van der Waals surface area contributed by atoms with E-state index in [0.29, 0.717) is 12.5 Å². The van der Waals surface area contributed by atoms with Gasteiger partial charge in [-0.15, -0.1) is 6.58 Å². The van der Waals surface area contributed by atoms with Gasteiger partial charge in [0.2, 0.25) is 5.95 Å². The summed E-state index contributed by atoms with van der Waals surface area (Å²) in [6, 6.07) is 7.81. The molecule has 0 bridgehead atoms. The first-order valence-corrected chi connectivity index (χ1v) is 6.74. The molecule has 1 aromatic heterocycles. The third kappa shape index (κ3) is 3.95. The molecule has 2 N–H and O–H groups in total. The summed E-state index contributed by atoms with van der Waals surface area (Å²) in [5.74, 6) is 2.05. The number of hydrogen-bond acceptors (Lipinski definition) is 5. The molecule has 0 aliphatic heterocycles. The van der Waals surface area contributed by atoms with Gasteiger partial charge in [-0.3, -0.25) is 0 Å². The molecule has 2 aromatic rings. The summed E-state index contributed by atoms with van der Waals surface area (Å²) in [5, 5.41) is 6.37. The molecule has 0 atom stereocenters. The largest absolute Gasteiger partial charge is 0.495 e. The summed E-state index contributed by atoms with van der Waals surface area (Å²) in [6.45, 7) is 8.30. The van der Waals surface area contributed by atoms with E-state index in [4.69, 9.17) is 4.74 Å². The van der Waals surface area contributed by atoms with Crippen molar-refractivity contribution in [1.82, 2.24) is 9.97 Å². The third-order valence-corrected chi connectivity index (χ3v) is 2.88. The second kappa shape index (κ2) is 6.74. The Morgan fingerprint density at radius 1 is 1.24 bits per heavy atom. The van der Waals surface area contributed by atoms with Gasteiger partial charge in [0.05, 0.1) is 12.8 Å². The van der Waals surface area contributed by atoms with Crippen molar-refractivity contribution in [3.63, 3.8) is 0 Å². The van der Waals surface area contributed by atoms with Crippen LogP contribution in [0.25, 0.3) is 0 Å². The number of hydrogen-bond donors (Lipinski definition) is 2. The maximum atomic E-state index is 5.35. The fourth-order valence-electron chi connectivity index (χ4n) is 1.93. The van der Waals surface area contributed by atoms with E-state index in [0.717, 1.165) is 28.5 Å². The first-order chi connectivity index (χ1) is 10.1. The Labute approximate surface area is 125 Å². The minimum atomic E-state index is 0.533. The number of nitrogens with one attached hydrogen (secondary N) is 2. The van der Waals surface area contributed by atoms with Gasteiger partial charge in [0.1, 0.15) is 11.6 Å². The topological polar surface area (TPSA) is 59.1 Å². The molecule has 0 saturated heterocycles. The lowest BCUT2D eigenvalue weighted by atomic mass is 10.2. The summed E-state index contributed by atoms with van der Waals surface area (Å²) in [4.78, 5) is 8.83. The van der Waals surface area contributed by atoms with Crippen LogP contribution < -0.4 is 15.4 Å². The molecule has 0 aliphatic rings. The van der Waals surface area contributed by atoms with Crippen molar-refractivity contribution in [3.8, 4) is 5.75 Å². The SMILES string of the molecule is C=CCNc1cc(C)nc(Nc2cc(C)ccc2OC)n1. The number of aromatic nitrogens is 2. The van der Waals surface area contributed by atoms with Crippen molar-refractivity contribution < 1.29 is 4.74 Å². The molecule has 2 rings (SSSR count). The lowest BCUT2D eigenvalue weighted by Gasteiger charge is -2.12. The van der Waals surface area contributed by atoms with Crippen LogP contribution in [-0.4, -0.2) is 23.6 Å². The van der Waals surface area contributed by atoms with Gasteiger partial charge < -0.3 is 15.4 Å². The second-order valence-electron chi connectivity index (χ2n) is 4.72. The Kier molecular flexibility index (Phi) is 4.77. The summed E-state index contributed by atoms with van der Waals surface area (Å²) in [6.07, 6.45) is 1.79. The van der Waals surface area contributed by atoms with Crippen LogP contribution in [0.5, 0.6) is 5.75 Å². The molecule has 21 heavy (non-hydrogen) atoms. The predicted molar refractivity (Wildman–Crippen MR) is 86.5 cm³/mol. The van der Waals surface area contributed by atoms with Crippen LogP contribution in [0.1, 0.15) is 11.3 Å². The molecule has 0 unspecified atom stereocenters. The van der Waals surface area contributed by atoms with E-state index in [2.05, 4.69) is 27.2 Å². The zero-order chi connectivity index (χ0) is 15.2. The maximum absolute atomic E-state index is 5.35. The van der Waals surface area contributed by atoms with Gasteiger partial charge in [-0.1, -0.05) is 12.1 Å². The Balaban J connectivity index is 2.28. The van der Waals surface area contributed by atoms with Crippen molar-refractivity contribution in [2.24, 2.45) is 0 Å². The van der Waals surface area contributed by atoms with E-state index in [-0.39, 0.29) is 0 Å². The lowest BCUT2D eigenvalue weighted by Crippen LogP contribution is -2.05. The number of rotatable bonds is 6. The fourth-order valence-corrected chi connectivity index (χ4v) is 1.93. The average molecular weight is 284 g/mol. The van der Waals surface area contributed by atoms with Crippen molar-refractivity contribution in [2.75, 3.05) is 24.3 Å². The zero-order valence-corrected chi connectivity index (χ0v) is 12.6. The quantitative estimate of drug-likeness (QED) is 0.796. The highest BCUT2D eigenvalue weighted by atomic mass is 16.5. The molecule has 110 valence electrons. The van der Waals surface area contributed by atoms with E-state index in [1.165, 1.54) is 0 Å². The second-order valence-corrected chi connectivity index (χ2v) is 4.72. The highest BCUT2D eigenvalue weighted by molar-refractivity contribution is 5.64. The van der Waals surface area contributed by atoms with Gasteiger partial charge in [-0.25, -0.2) is 4.98 Å². The lowest BCUT2D eigenvalue weighted by molar-refractivity contribution is 0.416. The van der Waals surface area contributed by atoms with Crippen LogP contribution in [0.4, 0.5) is 17.5 Å². The van der Waals surface area contributed by atoms with Crippen molar-refractivity contribution in [2.45, 2.75) is 13.8 Å². The first kappa shape index (κ1) is 14.8. The minimum absolute atomic E-state index is 0.533. The van der Waals surface area contributed by atoms with Gasteiger partial charge in [-0.05, 0) is 31.5 Å². The molecule has 0 fully saturated rings. The molecule has 1 aromatic carbocycles. The van der Waals surface area contributed by atoms with Crippen molar-refractivity contribution in [1.29, 1.82) is 0 Å². The Bertz CT molecular complexity index is 640. The maximum Gasteiger partial charge on any atom is 0.229 e. The van der Waals surface area contributed by atoms with Gasteiger partial charge in [0, 0.05) is 18.3 Å². The number of ether oxygens (including phenoxy) is 1. The van der Waals surface area contributed by atoms with E-state index in [9.17, 15) is 0 Å². The molecular weight excluding hydrogens is 264 g/mol. The molecule has 5 heteroatoms. The summed E-state index contributed by atoms with van der Waals surface area (Å²) < 4.78 is 5.35. The molecule has 0 spiro atoms. The van der Waals surface area contributed by atoms with Crippen LogP contribution in [0.2, 0.25) is 0 Å². The molecule has 0 radical (unpaired) electrons. The fraction of sp³-hybridized carbons (Fsp3) is 0.250. The number of nitrogens with zero attached hydrogens (tertiary/aromatic N) is 2. The van der Waals surface area contributed by atoms with Crippen LogP contribution in [0, 0.1) is 13.8 Å². The number of anilines is 3. The summed E-state index contributed by atoms with van der Waals surface area (Å²) >= 11 is 0. The van der Waals surface area contributed by atoms with Crippen LogP contribution in [0.15, 0.2) is 36.9 Å². The van der Waals surface area contributed by atoms with Crippen molar-refractivity contribution in [3.05, 3.63) is 48.2 Å². The molecule has 5 nitrogen and oxygen atoms in total.